The molecular weight excluding hydrogens is 327 g/mol. The van der Waals surface area contributed by atoms with Gasteiger partial charge in [-0.25, -0.2) is 4.98 Å². The molecule has 1 fully saturated rings. The summed E-state index contributed by atoms with van der Waals surface area (Å²) in [7, 11) is 0. The molecule has 2 heterocycles. The van der Waals surface area contributed by atoms with Crippen LogP contribution >= 0.6 is 0 Å². The van der Waals surface area contributed by atoms with E-state index in [0.717, 1.165) is 5.82 Å². The third kappa shape index (κ3) is 5.97. The lowest BCUT2D eigenvalue weighted by molar-refractivity contribution is -0.174. The van der Waals surface area contributed by atoms with E-state index in [1.165, 1.54) is 6.20 Å². The number of pyridine rings is 1. The van der Waals surface area contributed by atoms with Crippen LogP contribution in [0.15, 0.2) is 18.3 Å². The number of morpholine rings is 1. The Morgan fingerprint density at radius 1 is 1.38 bits per heavy atom. The van der Waals surface area contributed by atoms with Gasteiger partial charge in [-0.3, -0.25) is 4.79 Å². The third-order valence-corrected chi connectivity index (χ3v) is 3.27. The first-order valence-electron chi connectivity index (χ1n) is 7.54. The number of hydrogen-bond acceptors (Lipinski definition) is 5. The topological polar surface area (TPSA) is 63.7 Å². The van der Waals surface area contributed by atoms with Gasteiger partial charge in [0.05, 0.1) is 24.1 Å². The van der Waals surface area contributed by atoms with Gasteiger partial charge in [-0.2, -0.15) is 13.2 Å². The van der Waals surface area contributed by atoms with Gasteiger partial charge < -0.3 is 19.7 Å². The van der Waals surface area contributed by atoms with Gasteiger partial charge in [0.25, 0.3) is 0 Å². The van der Waals surface area contributed by atoms with Crippen LogP contribution in [0.4, 0.5) is 24.7 Å². The molecule has 0 radical (unpaired) electrons. The van der Waals surface area contributed by atoms with E-state index in [4.69, 9.17) is 4.74 Å². The van der Waals surface area contributed by atoms with Crippen LogP contribution in [-0.2, 0) is 14.3 Å². The van der Waals surface area contributed by atoms with Crippen molar-refractivity contribution < 1.29 is 27.4 Å². The lowest BCUT2D eigenvalue weighted by atomic mass is 10.2. The van der Waals surface area contributed by atoms with Gasteiger partial charge in [-0.15, -0.1) is 0 Å². The van der Waals surface area contributed by atoms with E-state index in [0.29, 0.717) is 18.8 Å². The first kappa shape index (κ1) is 18.5. The Morgan fingerprint density at radius 3 is 2.58 bits per heavy atom. The Kier molecular flexibility index (Phi) is 6.00. The number of nitrogens with one attached hydrogen (secondary N) is 1. The van der Waals surface area contributed by atoms with Crippen molar-refractivity contribution in [1.29, 1.82) is 0 Å². The molecule has 1 aliphatic rings. The molecule has 1 aromatic rings. The summed E-state index contributed by atoms with van der Waals surface area (Å²) in [5.41, 5.74) is 0.397. The summed E-state index contributed by atoms with van der Waals surface area (Å²) >= 11 is 0. The van der Waals surface area contributed by atoms with Gasteiger partial charge in [0, 0.05) is 13.1 Å². The fraction of sp³-hybridized carbons (Fsp3) is 0.600. The molecule has 1 N–H and O–H groups in total. The predicted octanol–water partition coefficient (Wildman–Crippen LogP) is 2.21. The van der Waals surface area contributed by atoms with Crippen LogP contribution in [-0.4, -0.2) is 55.6 Å². The van der Waals surface area contributed by atoms with E-state index in [9.17, 15) is 18.0 Å². The molecule has 0 saturated carbocycles. The maximum Gasteiger partial charge on any atom is 0.411 e. The van der Waals surface area contributed by atoms with Crippen molar-refractivity contribution in [2.45, 2.75) is 32.2 Å². The predicted molar refractivity (Wildman–Crippen MR) is 82.0 cm³/mol. The Balaban J connectivity index is 1.84. The number of carbonyl (C=O) groups is 1. The summed E-state index contributed by atoms with van der Waals surface area (Å²) in [6.45, 7) is 3.28. The second-order valence-corrected chi connectivity index (χ2v) is 5.72. The molecule has 1 aromatic heterocycles. The number of ether oxygens (including phenoxy) is 2. The first-order chi connectivity index (χ1) is 11.2. The van der Waals surface area contributed by atoms with Crippen LogP contribution in [0.5, 0.6) is 0 Å². The number of halogens is 3. The number of anilines is 2. The van der Waals surface area contributed by atoms with Crippen molar-refractivity contribution in [1.82, 2.24) is 4.98 Å². The zero-order chi connectivity index (χ0) is 17.7. The fourth-order valence-electron chi connectivity index (χ4n) is 2.47. The third-order valence-electron chi connectivity index (χ3n) is 3.27. The Morgan fingerprint density at radius 2 is 2.04 bits per heavy atom. The van der Waals surface area contributed by atoms with Crippen molar-refractivity contribution in [2.75, 3.05) is 36.5 Å². The van der Waals surface area contributed by atoms with Gasteiger partial charge in [-0.1, -0.05) is 0 Å². The molecule has 0 aromatic carbocycles. The highest BCUT2D eigenvalue weighted by Gasteiger charge is 2.27. The molecule has 1 amide bonds. The monoisotopic (exact) mass is 347 g/mol. The van der Waals surface area contributed by atoms with Crippen LogP contribution in [0.25, 0.3) is 0 Å². The van der Waals surface area contributed by atoms with Crippen LogP contribution in [0.1, 0.15) is 13.8 Å². The maximum atomic E-state index is 11.9. The normalized spacial score (nSPS) is 21.6. The summed E-state index contributed by atoms with van der Waals surface area (Å²) in [6, 6.07) is 3.39. The van der Waals surface area contributed by atoms with E-state index < -0.39 is 25.3 Å². The van der Waals surface area contributed by atoms with Crippen LogP contribution in [0.2, 0.25) is 0 Å². The molecule has 1 saturated heterocycles. The quantitative estimate of drug-likeness (QED) is 0.885. The van der Waals surface area contributed by atoms with Crippen molar-refractivity contribution >= 4 is 17.4 Å². The molecule has 0 bridgehead atoms. The number of alkyl halides is 3. The number of aromatic nitrogens is 1. The van der Waals surface area contributed by atoms with Crippen LogP contribution in [0, 0.1) is 0 Å². The molecule has 6 nitrogen and oxygen atoms in total. The van der Waals surface area contributed by atoms with E-state index >= 15 is 0 Å². The molecule has 24 heavy (non-hydrogen) atoms. The number of carbonyl (C=O) groups excluding carboxylic acids is 1. The minimum absolute atomic E-state index is 0.0979. The van der Waals surface area contributed by atoms with Crippen LogP contribution in [0.3, 0.4) is 0 Å². The fourth-order valence-corrected chi connectivity index (χ4v) is 2.47. The first-order valence-corrected chi connectivity index (χ1v) is 7.54. The smallest absolute Gasteiger partial charge is 0.372 e. The molecular formula is C15H20F3N3O3. The van der Waals surface area contributed by atoms with E-state index in [-0.39, 0.29) is 12.2 Å². The SMILES string of the molecule is C[C@@H]1CN(c2ccc(NC(=O)COCC(F)(F)F)cn2)C[C@H](C)O1. The van der Waals surface area contributed by atoms with Gasteiger partial charge in [0.15, 0.2) is 0 Å². The maximum absolute atomic E-state index is 11.9. The average Bonchev–Trinajstić information content (AvgIpc) is 2.45. The summed E-state index contributed by atoms with van der Waals surface area (Å²) in [4.78, 5) is 17.9. The highest BCUT2D eigenvalue weighted by Crippen LogP contribution is 2.19. The zero-order valence-electron chi connectivity index (χ0n) is 13.5. The Bertz CT molecular complexity index is 541. The van der Waals surface area contributed by atoms with E-state index in [1.807, 2.05) is 13.8 Å². The highest BCUT2D eigenvalue weighted by molar-refractivity contribution is 5.91. The second-order valence-electron chi connectivity index (χ2n) is 5.72. The van der Waals surface area contributed by atoms with Crippen LogP contribution < -0.4 is 10.2 Å². The lowest BCUT2D eigenvalue weighted by Gasteiger charge is -2.36. The largest absolute Gasteiger partial charge is 0.411 e. The zero-order valence-corrected chi connectivity index (χ0v) is 13.5. The molecule has 134 valence electrons. The number of amides is 1. The van der Waals surface area contributed by atoms with Crippen molar-refractivity contribution in [3.63, 3.8) is 0 Å². The van der Waals surface area contributed by atoms with Gasteiger partial charge >= 0.3 is 6.18 Å². The van der Waals surface area contributed by atoms with Gasteiger partial charge in [0.2, 0.25) is 5.91 Å². The minimum Gasteiger partial charge on any atom is -0.372 e. The Hall–Kier alpha value is -1.87. The highest BCUT2D eigenvalue weighted by atomic mass is 19.4. The molecule has 2 atom stereocenters. The standard InChI is InChI=1S/C15H20F3N3O3/c1-10-6-21(7-11(2)24-10)13-4-3-12(5-19-13)20-14(22)8-23-9-15(16,17)18/h3-5,10-11H,6-9H2,1-2H3,(H,20,22)/t10-,11+. The van der Waals surface area contributed by atoms with Crippen molar-refractivity contribution in [3.8, 4) is 0 Å². The van der Waals surface area contributed by atoms with Gasteiger partial charge in [-0.05, 0) is 26.0 Å². The van der Waals surface area contributed by atoms with Gasteiger partial charge in [0.1, 0.15) is 19.0 Å². The van der Waals surface area contributed by atoms with Crippen molar-refractivity contribution in [3.05, 3.63) is 18.3 Å². The number of rotatable bonds is 5. The summed E-state index contributed by atoms with van der Waals surface area (Å²) in [6.07, 6.45) is -2.79. The Labute approximate surface area is 137 Å². The van der Waals surface area contributed by atoms with Crippen molar-refractivity contribution in [2.24, 2.45) is 0 Å². The molecule has 9 heteroatoms. The number of nitrogens with zero attached hydrogens (tertiary/aromatic N) is 2. The van der Waals surface area contributed by atoms with E-state index in [2.05, 4.69) is 19.9 Å². The summed E-state index contributed by atoms with van der Waals surface area (Å²) in [5.74, 6) is 0.0886. The summed E-state index contributed by atoms with van der Waals surface area (Å²) in [5, 5.41) is 2.44. The molecule has 0 aliphatic carbocycles. The average molecular weight is 347 g/mol. The number of hydrogen-bond donors (Lipinski definition) is 1. The molecule has 1 aliphatic heterocycles. The minimum atomic E-state index is -4.45. The molecule has 2 rings (SSSR count). The van der Waals surface area contributed by atoms with E-state index in [1.54, 1.807) is 12.1 Å². The summed E-state index contributed by atoms with van der Waals surface area (Å²) < 4.78 is 45.7. The lowest BCUT2D eigenvalue weighted by Crippen LogP contribution is -2.45. The molecule has 0 unspecified atom stereocenters. The molecule has 0 spiro atoms. The second kappa shape index (κ2) is 7.80.